The first-order valence-corrected chi connectivity index (χ1v) is 10.7. The molecule has 1 saturated heterocycles. The first-order valence-electron chi connectivity index (χ1n) is 10.3. The third kappa shape index (κ3) is 3.87. The van der Waals surface area contributed by atoms with E-state index in [0.717, 1.165) is 31.3 Å². The fourth-order valence-corrected chi connectivity index (χ4v) is 7.06. The van der Waals surface area contributed by atoms with Gasteiger partial charge in [-0.3, -0.25) is 19.7 Å². The lowest BCUT2D eigenvalue weighted by Gasteiger charge is -2.60. The summed E-state index contributed by atoms with van der Waals surface area (Å²) < 4.78 is 5.65. The van der Waals surface area contributed by atoms with Crippen LogP contribution in [0.25, 0.3) is 0 Å². The minimum atomic E-state index is -0.300. The molecule has 3 rings (SSSR count). The largest absolute Gasteiger partial charge is 0.458 e. The van der Waals surface area contributed by atoms with Gasteiger partial charge in [0.25, 0.3) is 0 Å². The normalized spacial score (nSPS) is 40.0. The maximum absolute atomic E-state index is 12.0. The predicted octanol–water partition coefficient (Wildman–Crippen LogP) is 3.99. The van der Waals surface area contributed by atoms with Crippen molar-refractivity contribution < 1.29 is 19.1 Å². The molecule has 0 spiro atoms. The minimum absolute atomic E-state index is 0.0253. The summed E-state index contributed by atoms with van der Waals surface area (Å²) in [6.45, 7) is 12.6. The SMILES string of the molecule is C=C1C(OC(C)=O)CC2C(C)(C)CC(Cl)CC2(C)C1CCC1CC(=O)NC1=O. The Balaban J connectivity index is 1.88. The van der Waals surface area contributed by atoms with Gasteiger partial charge in [-0.15, -0.1) is 11.6 Å². The number of halogens is 1. The molecular formula is C22H32ClNO4. The van der Waals surface area contributed by atoms with Crippen LogP contribution in [0.2, 0.25) is 0 Å². The van der Waals surface area contributed by atoms with Crippen molar-refractivity contribution in [3.8, 4) is 0 Å². The van der Waals surface area contributed by atoms with Gasteiger partial charge in [-0.1, -0.05) is 27.4 Å². The van der Waals surface area contributed by atoms with E-state index in [1.165, 1.54) is 6.92 Å². The summed E-state index contributed by atoms with van der Waals surface area (Å²) in [5.74, 6) is -0.505. The molecule has 0 aromatic heterocycles. The van der Waals surface area contributed by atoms with E-state index in [1.807, 2.05) is 0 Å². The Morgan fingerprint density at radius 1 is 1.25 bits per heavy atom. The summed E-state index contributed by atoms with van der Waals surface area (Å²) in [5.41, 5.74) is 0.888. The Bertz CT molecular complexity index is 703. The minimum Gasteiger partial charge on any atom is -0.458 e. The van der Waals surface area contributed by atoms with Crippen LogP contribution in [0.4, 0.5) is 0 Å². The molecule has 0 aromatic carbocycles. The number of rotatable bonds is 4. The monoisotopic (exact) mass is 409 g/mol. The molecule has 0 bridgehead atoms. The van der Waals surface area contributed by atoms with E-state index in [0.29, 0.717) is 12.3 Å². The molecule has 3 aliphatic rings. The van der Waals surface area contributed by atoms with Gasteiger partial charge in [-0.25, -0.2) is 0 Å². The number of amides is 2. The number of esters is 1. The van der Waals surface area contributed by atoms with Gasteiger partial charge < -0.3 is 4.74 Å². The summed E-state index contributed by atoms with van der Waals surface area (Å²) >= 11 is 6.69. The molecule has 2 aliphatic carbocycles. The van der Waals surface area contributed by atoms with E-state index in [1.54, 1.807) is 0 Å². The van der Waals surface area contributed by atoms with E-state index in [9.17, 15) is 14.4 Å². The van der Waals surface area contributed by atoms with E-state index in [-0.39, 0.29) is 58.4 Å². The van der Waals surface area contributed by atoms with Crippen molar-refractivity contribution in [2.45, 2.75) is 77.7 Å². The Morgan fingerprint density at radius 3 is 2.50 bits per heavy atom. The molecule has 1 heterocycles. The highest BCUT2D eigenvalue weighted by molar-refractivity contribution is 6.20. The van der Waals surface area contributed by atoms with E-state index >= 15 is 0 Å². The summed E-state index contributed by atoms with van der Waals surface area (Å²) in [6.07, 6.45) is 3.92. The topological polar surface area (TPSA) is 72.5 Å². The average molecular weight is 410 g/mol. The van der Waals surface area contributed by atoms with E-state index < -0.39 is 0 Å². The number of ether oxygens (including phenoxy) is 1. The number of hydrogen-bond donors (Lipinski definition) is 1. The molecule has 6 unspecified atom stereocenters. The van der Waals surface area contributed by atoms with Crippen molar-refractivity contribution in [3.05, 3.63) is 12.2 Å². The molecule has 1 N–H and O–H groups in total. The molecule has 1 aliphatic heterocycles. The molecule has 6 atom stereocenters. The number of fused-ring (bicyclic) bond motifs is 1. The van der Waals surface area contributed by atoms with Gasteiger partial charge in [-0.05, 0) is 60.3 Å². The molecule has 0 aromatic rings. The molecule has 28 heavy (non-hydrogen) atoms. The van der Waals surface area contributed by atoms with Crippen molar-refractivity contribution in [1.29, 1.82) is 0 Å². The standard InChI is InChI=1S/C22H32ClNO4/c1-12-16(7-6-14-8-19(26)24-20(14)27)22(5)11-15(23)10-21(3,4)18(22)9-17(12)28-13(2)25/h14-18H,1,6-11H2,2-5H3,(H,24,26,27). The molecule has 3 fully saturated rings. The van der Waals surface area contributed by atoms with Crippen molar-refractivity contribution in [2.24, 2.45) is 28.6 Å². The van der Waals surface area contributed by atoms with Gasteiger partial charge in [0.2, 0.25) is 11.8 Å². The van der Waals surface area contributed by atoms with Crippen LogP contribution in [0.15, 0.2) is 12.2 Å². The number of alkyl halides is 1. The third-order valence-corrected chi connectivity index (χ3v) is 7.74. The smallest absolute Gasteiger partial charge is 0.303 e. The second-order valence-electron chi connectivity index (χ2n) is 9.90. The van der Waals surface area contributed by atoms with Crippen LogP contribution in [-0.2, 0) is 19.1 Å². The van der Waals surface area contributed by atoms with Crippen LogP contribution < -0.4 is 5.32 Å². The van der Waals surface area contributed by atoms with Gasteiger partial charge in [0.15, 0.2) is 0 Å². The second kappa shape index (κ2) is 7.47. The number of imide groups is 1. The molecule has 6 heteroatoms. The van der Waals surface area contributed by atoms with Crippen LogP contribution in [0.1, 0.15) is 66.2 Å². The van der Waals surface area contributed by atoms with Crippen molar-refractivity contribution in [1.82, 2.24) is 5.32 Å². The van der Waals surface area contributed by atoms with Crippen molar-refractivity contribution >= 4 is 29.4 Å². The lowest BCUT2D eigenvalue weighted by Crippen LogP contribution is -2.55. The van der Waals surface area contributed by atoms with Crippen LogP contribution in [0.3, 0.4) is 0 Å². The fraction of sp³-hybridized carbons (Fsp3) is 0.773. The Hall–Kier alpha value is -1.36. The zero-order chi connectivity index (χ0) is 20.9. The molecule has 2 amide bonds. The molecule has 2 saturated carbocycles. The zero-order valence-electron chi connectivity index (χ0n) is 17.3. The van der Waals surface area contributed by atoms with Gasteiger partial charge in [0, 0.05) is 24.6 Å². The summed E-state index contributed by atoms with van der Waals surface area (Å²) in [5, 5.41) is 2.49. The highest BCUT2D eigenvalue weighted by Gasteiger charge is 2.57. The highest BCUT2D eigenvalue weighted by atomic mass is 35.5. The predicted molar refractivity (Wildman–Crippen MR) is 108 cm³/mol. The molecular weight excluding hydrogens is 378 g/mol. The third-order valence-electron chi connectivity index (χ3n) is 7.43. The van der Waals surface area contributed by atoms with Gasteiger partial charge in [-0.2, -0.15) is 0 Å². The van der Waals surface area contributed by atoms with E-state index in [4.69, 9.17) is 16.3 Å². The first-order chi connectivity index (χ1) is 12.9. The number of nitrogens with one attached hydrogen (secondary N) is 1. The van der Waals surface area contributed by atoms with Crippen LogP contribution in [-0.4, -0.2) is 29.3 Å². The van der Waals surface area contributed by atoms with Gasteiger partial charge in [0.05, 0.1) is 0 Å². The maximum Gasteiger partial charge on any atom is 0.303 e. The van der Waals surface area contributed by atoms with Gasteiger partial charge >= 0.3 is 5.97 Å². The Morgan fingerprint density at radius 2 is 1.93 bits per heavy atom. The van der Waals surface area contributed by atoms with Crippen LogP contribution in [0.5, 0.6) is 0 Å². The molecule has 156 valence electrons. The Kier molecular flexibility index (Phi) is 5.70. The number of carbonyl (C=O) groups excluding carboxylic acids is 3. The highest BCUT2D eigenvalue weighted by Crippen LogP contribution is 2.63. The lowest BCUT2D eigenvalue weighted by atomic mass is 9.46. The zero-order valence-corrected chi connectivity index (χ0v) is 18.1. The quantitative estimate of drug-likeness (QED) is 0.330. The number of carbonyl (C=O) groups is 3. The maximum atomic E-state index is 12.0. The van der Waals surface area contributed by atoms with Gasteiger partial charge in [0.1, 0.15) is 6.10 Å². The van der Waals surface area contributed by atoms with Crippen molar-refractivity contribution in [2.75, 3.05) is 0 Å². The summed E-state index contributed by atoms with van der Waals surface area (Å²) in [4.78, 5) is 35.3. The molecule has 0 radical (unpaired) electrons. The first kappa shape index (κ1) is 21.4. The Labute approximate surface area is 172 Å². The molecule has 5 nitrogen and oxygen atoms in total. The second-order valence-corrected chi connectivity index (χ2v) is 10.5. The summed E-state index contributed by atoms with van der Waals surface area (Å²) in [7, 11) is 0. The summed E-state index contributed by atoms with van der Waals surface area (Å²) in [6, 6.07) is 0. The van der Waals surface area contributed by atoms with Crippen molar-refractivity contribution in [3.63, 3.8) is 0 Å². The van der Waals surface area contributed by atoms with Crippen LogP contribution in [0, 0.1) is 28.6 Å². The average Bonchev–Trinajstić information content (AvgIpc) is 2.85. The lowest BCUT2D eigenvalue weighted by molar-refractivity contribution is -0.153. The number of hydrogen-bond acceptors (Lipinski definition) is 4. The van der Waals surface area contributed by atoms with E-state index in [2.05, 4.69) is 32.7 Å². The van der Waals surface area contributed by atoms with Crippen LogP contribution >= 0.6 is 11.6 Å². The fourth-order valence-electron chi connectivity index (χ4n) is 6.33.